The molecule has 0 radical (unpaired) electrons. The lowest BCUT2D eigenvalue weighted by Gasteiger charge is -2.11. The van der Waals surface area contributed by atoms with E-state index in [1.54, 1.807) is 11.0 Å². The molecule has 0 saturated heterocycles. The Morgan fingerprint density at radius 1 is 1.75 bits per heavy atom. The quantitative estimate of drug-likeness (QED) is 0.475. The van der Waals surface area contributed by atoms with Gasteiger partial charge in [-0.05, 0) is 6.42 Å². The van der Waals surface area contributed by atoms with Crippen LogP contribution in [0.15, 0.2) is 6.33 Å². The van der Waals surface area contributed by atoms with Crippen LogP contribution in [0.2, 0.25) is 0 Å². The molecule has 1 heterocycles. The Morgan fingerprint density at radius 2 is 2.50 bits per heavy atom. The number of aromatic nitrogens is 3. The Labute approximate surface area is 71.9 Å². The molecule has 1 aromatic heterocycles. The SMILES string of the molecule is CCC(Cc1ncnn1C)NN. The van der Waals surface area contributed by atoms with Crippen LogP contribution in [0.25, 0.3) is 0 Å². The number of hydrogen-bond acceptors (Lipinski definition) is 4. The number of aryl methyl sites for hydroxylation is 1. The molecule has 0 spiro atoms. The molecular formula is C7H15N5. The average molecular weight is 169 g/mol. The van der Waals surface area contributed by atoms with E-state index in [-0.39, 0.29) is 6.04 Å². The van der Waals surface area contributed by atoms with Crippen molar-refractivity contribution in [3.63, 3.8) is 0 Å². The number of rotatable bonds is 4. The maximum Gasteiger partial charge on any atom is 0.138 e. The highest BCUT2D eigenvalue weighted by molar-refractivity contribution is 4.87. The van der Waals surface area contributed by atoms with Crippen molar-refractivity contribution in [3.05, 3.63) is 12.2 Å². The number of nitrogens with one attached hydrogen (secondary N) is 1. The van der Waals surface area contributed by atoms with Crippen LogP contribution in [0.3, 0.4) is 0 Å². The molecule has 0 aliphatic heterocycles. The molecule has 1 atom stereocenters. The molecule has 0 aliphatic rings. The summed E-state index contributed by atoms with van der Waals surface area (Å²) in [7, 11) is 1.88. The van der Waals surface area contributed by atoms with Crippen LogP contribution in [-0.2, 0) is 13.5 Å². The normalized spacial score (nSPS) is 13.2. The van der Waals surface area contributed by atoms with Crippen molar-refractivity contribution in [2.24, 2.45) is 12.9 Å². The minimum absolute atomic E-state index is 0.285. The number of nitrogens with zero attached hydrogens (tertiary/aromatic N) is 3. The summed E-state index contributed by atoms with van der Waals surface area (Å²) in [6.07, 6.45) is 3.37. The summed E-state index contributed by atoms with van der Waals surface area (Å²) in [5.74, 6) is 6.30. The van der Waals surface area contributed by atoms with E-state index in [1.807, 2.05) is 7.05 Å². The van der Waals surface area contributed by atoms with Gasteiger partial charge in [0.2, 0.25) is 0 Å². The highest BCUT2D eigenvalue weighted by Gasteiger charge is 2.08. The van der Waals surface area contributed by atoms with E-state index >= 15 is 0 Å². The lowest BCUT2D eigenvalue weighted by molar-refractivity contribution is 0.489. The minimum Gasteiger partial charge on any atom is -0.271 e. The van der Waals surface area contributed by atoms with E-state index in [1.165, 1.54) is 0 Å². The van der Waals surface area contributed by atoms with E-state index in [2.05, 4.69) is 22.4 Å². The molecule has 68 valence electrons. The molecule has 0 fully saturated rings. The molecule has 0 aliphatic carbocycles. The van der Waals surface area contributed by atoms with E-state index in [9.17, 15) is 0 Å². The third kappa shape index (κ3) is 2.02. The van der Waals surface area contributed by atoms with Crippen LogP contribution in [0.5, 0.6) is 0 Å². The summed E-state index contributed by atoms with van der Waals surface area (Å²) in [6.45, 7) is 2.08. The molecule has 0 amide bonds. The van der Waals surface area contributed by atoms with Crippen LogP contribution >= 0.6 is 0 Å². The molecule has 0 saturated carbocycles. The Bertz CT molecular complexity index is 227. The fourth-order valence-corrected chi connectivity index (χ4v) is 1.05. The molecule has 5 heteroatoms. The van der Waals surface area contributed by atoms with Gasteiger partial charge in [-0.15, -0.1) is 0 Å². The van der Waals surface area contributed by atoms with Crippen molar-refractivity contribution in [3.8, 4) is 0 Å². The Hall–Kier alpha value is -0.940. The highest BCUT2D eigenvalue weighted by atomic mass is 15.3. The van der Waals surface area contributed by atoms with Gasteiger partial charge in [-0.3, -0.25) is 16.0 Å². The van der Waals surface area contributed by atoms with Crippen molar-refractivity contribution in [2.45, 2.75) is 25.8 Å². The van der Waals surface area contributed by atoms with Crippen LogP contribution in [0.1, 0.15) is 19.2 Å². The first-order valence-corrected chi connectivity index (χ1v) is 4.07. The second-order valence-electron chi connectivity index (χ2n) is 2.78. The molecule has 3 N–H and O–H groups in total. The molecular weight excluding hydrogens is 154 g/mol. The molecule has 1 unspecified atom stereocenters. The van der Waals surface area contributed by atoms with Gasteiger partial charge in [0.15, 0.2) is 0 Å². The summed E-state index contributed by atoms with van der Waals surface area (Å²) < 4.78 is 1.76. The molecule has 1 rings (SSSR count). The van der Waals surface area contributed by atoms with Crippen LogP contribution in [0.4, 0.5) is 0 Å². The summed E-state index contributed by atoms with van der Waals surface area (Å²) in [6, 6.07) is 0.285. The van der Waals surface area contributed by atoms with Gasteiger partial charge >= 0.3 is 0 Å². The first kappa shape index (κ1) is 9.15. The van der Waals surface area contributed by atoms with Gasteiger partial charge in [-0.1, -0.05) is 6.92 Å². The third-order valence-electron chi connectivity index (χ3n) is 1.96. The van der Waals surface area contributed by atoms with Crippen molar-refractivity contribution < 1.29 is 0 Å². The molecule has 0 bridgehead atoms. The predicted molar refractivity (Wildman–Crippen MR) is 46.1 cm³/mol. The van der Waals surface area contributed by atoms with E-state index < -0.39 is 0 Å². The summed E-state index contributed by atoms with van der Waals surface area (Å²) >= 11 is 0. The summed E-state index contributed by atoms with van der Waals surface area (Å²) in [4.78, 5) is 4.11. The number of nitrogens with two attached hydrogens (primary N) is 1. The van der Waals surface area contributed by atoms with Crippen LogP contribution in [0, 0.1) is 0 Å². The van der Waals surface area contributed by atoms with Crippen molar-refractivity contribution in [2.75, 3.05) is 0 Å². The van der Waals surface area contributed by atoms with Crippen LogP contribution in [-0.4, -0.2) is 20.8 Å². The second-order valence-corrected chi connectivity index (χ2v) is 2.78. The fraction of sp³-hybridized carbons (Fsp3) is 0.714. The lowest BCUT2D eigenvalue weighted by Crippen LogP contribution is -2.36. The van der Waals surface area contributed by atoms with Crippen molar-refractivity contribution in [1.82, 2.24) is 20.2 Å². The molecule has 0 aromatic carbocycles. The third-order valence-corrected chi connectivity index (χ3v) is 1.96. The van der Waals surface area contributed by atoms with E-state index in [0.717, 1.165) is 18.7 Å². The molecule has 5 nitrogen and oxygen atoms in total. The Balaban J connectivity index is 2.56. The zero-order chi connectivity index (χ0) is 8.97. The van der Waals surface area contributed by atoms with Gasteiger partial charge in [0.25, 0.3) is 0 Å². The fourth-order valence-electron chi connectivity index (χ4n) is 1.05. The second kappa shape index (κ2) is 4.18. The van der Waals surface area contributed by atoms with Crippen LogP contribution < -0.4 is 11.3 Å². The van der Waals surface area contributed by atoms with E-state index in [4.69, 9.17) is 5.84 Å². The minimum atomic E-state index is 0.285. The maximum absolute atomic E-state index is 5.34. The zero-order valence-electron chi connectivity index (χ0n) is 7.49. The predicted octanol–water partition coefficient (Wildman–Crippen LogP) is -0.400. The summed E-state index contributed by atoms with van der Waals surface area (Å²) in [5.41, 5.74) is 2.74. The zero-order valence-corrected chi connectivity index (χ0v) is 7.49. The first-order valence-electron chi connectivity index (χ1n) is 4.07. The lowest BCUT2D eigenvalue weighted by atomic mass is 10.1. The smallest absolute Gasteiger partial charge is 0.138 e. The van der Waals surface area contributed by atoms with Gasteiger partial charge in [-0.25, -0.2) is 4.98 Å². The largest absolute Gasteiger partial charge is 0.271 e. The Kier molecular flexibility index (Phi) is 3.19. The number of hydrazine groups is 1. The van der Waals surface area contributed by atoms with E-state index in [0.29, 0.717) is 0 Å². The van der Waals surface area contributed by atoms with Gasteiger partial charge in [-0.2, -0.15) is 5.10 Å². The van der Waals surface area contributed by atoms with Gasteiger partial charge < -0.3 is 0 Å². The monoisotopic (exact) mass is 169 g/mol. The first-order chi connectivity index (χ1) is 5.77. The van der Waals surface area contributed by atoms with Gasteiger partial charge in [0.1, 0.15) is 12.2 Å². The van der Waals surface area contributed by atoms with Gasteiger partial charge in [0, 0.05) is 19.5 Å². The van der Waals surface area contributed by atoms with Crippen molar-refractivity contribution in [1.29, 1.82) is 0 Å². The average Bonchev–Trinajstić information content (AvgIpc) is 2.47. The summed E-state index contributed by atoms with van der Waals surface area (Å²) in [5, 5.41) is 3.98. The van der Waals surface area contributed by atoms with Crippen molar-refractivity contribution >= 4 is 0 Å². The van der Waals surface area contributed by atoms with Gasteiger partial charge in [0.05, 0.1) is 0 Å². The highest BCUT2D eigenvalue weighted by Crippen LogP contribution is 1.99. The standard InChI is InChI=1S/C7H15N5/c1-3-6(11-8)4-7-9-5-10-12(7)2/h5-6,11H,3-4,8H2,1-2H3. The topological polar surface area (TPSA) is 68.8 Å². The number of hydrogen-bond donors (Lipinski definition) is 2. The maximum atomic E-state index is 5.34. The molecule has 12 heavy (non-hydrogen) atoms. The Morgan fingerprint density at radius 3 is 2.92 bits per heavy atom. The molecule has 1 aromatic rings.